The molecule has 35 heavy (non-hydrogen) atoms. The van der Waals surface area contributed by atoms with E-state index < -0.39 is 17.7 Å². The summed E-state index contributed by atoms with van der Waals surface area (Å²) >= 11 is 1.47. The summed E-state index contributed by atoms with van der Waals surface area (Å²) in [6, 6.07) is 16.7. The number of amides is 1. The van der Waals surface area contributed by atoms with Crippen LogP contribution in [0.1, 0.15) is 27.6 Å². The fraction of sp³-hybridized carbons (Fsp3) is 0.286. The number of thiophene rings is 1. The minimum absolute atomic E-state index is 0.125. The maximum Gasteiger partial charge on any atom is 0.300 e. The van der Waals surface area contributed by atoms with Gasteiger partial charge >= 0.3 is 0 Å². The lowest BCUT2D eigenvalue weighted by molar-refractivity contribution is -0.132. The van der Waals surface area contributed by atoms with Crippen LogP contribution in [0.2, 0.25) is 0 Å². The third-order valence-corrected chi connectivity index (χ3v) is 7.83. The van der Waals surface area contributed by atoms with E-state index in [9.17, 15) is 14.7 Å². The van der Waals surface area contributed by atoms with Gasteiger partial charge in [-0.2, -0.15) is 0 Å². The van der Waals surface area contributed by atoms with E-state index in [2.05, 4.69) is 16.8 Å². The number of hydrogen-bond donors (Lipinski definition) is 1. The van der Waals surface area contributed by atoms with Crippen LogP contribution >= 0.6 is 11.3 Å². The number of Topliss-reactive ketones (excluding diaryl/α,β-unsaturated/α-hetero) is 1. The van der Waals surface area contributed by atoms with Crippen molar-refractivity contribution in [2.75, 3.05) is 43.0 Å². The van der Waals surface area contributed by atoms with Gasteiger partial charge in [-0.25, -0.2) is 0 Å². The highest BCUT2D eigenvalue weighted by Crippen LogP contribution is 2.44. The molecule has 3 aromatic rings. The van der Waals surface area contributed by atoms with Gasteiger partial charge in [-0.3, -0.25) is 14.5 Å². The van der Waals surface area contributed by atoms with Gasteiger partial charge in [-0.1, -0.05) is 23.8 Å². The number of carbonyl (C=O) groups is 2. The zero-order valence-electron chi connectivity index (χ0n) is 20.2. The smallest absolute Gasteiger partial charge is 0.300 e. The molecular formula is C28H29N3O3S. The zero-order chi connectivity index (χ0) is 24.7. The highest BCUT2D eigenvalue weighted by molar-refractivity contribution is 7.10. The number of anilines is 2. The molecule has 0 bridgehead atoms. The molecule has 2 aliphatic heterocycles. The number of ketones is 1. The fourth-order valence-corrected chi connectivity index (χ4v) is 5.66. The lowest BCUT2D eigenvalue weighted by Crippen LogP contribution is -2.44. The number of nitrogens with zero attached hydrogens (tertiary/aromatic N) is 3. The van der Waals surface area contributed by atoms with E-state index in [1.54, 1.807) is 0 Å². The summed E-state index contributed by atoms with van der Waals surface area (Å²) in [5.74, 6) is -1.41. The average Bonchev–Trinajstić information content (AvgIpc) is 3.48. The van der Waals surface area contributed by atoms with Gasteiger partial charge in [0.05, 0.1) is 5.57 Å². The van der Waals surface area contributed by atoms with Crippen LogP contribution in [0.3, 0.4) is 0 Å². The first-order chi connectivity index (χ1) is 16.8. The predicted molar refractivity (Wildman–Crippen MR) is 141 cm³/mol. The first kappa shape index (κ1) is 23.3. The first-order valence-corrected chi connectivity index (χ1v) is 12.7. The summed E-state index contributed by atoms with van der Waals surface area (Å²) in [6.07, 6.45) is 0. The number of aliphatic hydroxyl groups excluding tert-OH is 1. The number of carbonyl (C=O) groups excluding carboxylic acids is 2. The van der Waals surface area contributed by atoms with Gasteiger partial charge < -0.3 is 14.9 Å². The highest BCUT2D eigenvalue weighted by atomic mass is 32.1. The molecule has 1 atom stereocenters. The molecule has 1 aromatic heterocycles. The minimum atomic E-state index is -0.676. The Hall–Kier alpha value is -3.42. The Morgan fingerprint density at radius 2 is 1.63 bits per heavy atom. The van der Waals surface area contributed by atoms with Gasteiger partial charge in [0.2, 0.25) is 0 Å². The Labute approximate surface area is 209 Å². The molecular weight excluding hydrogens is 458 g/mol. The molecule has 7 heteroatoms. The molecule has 1 N–H and O–H groups in total. The SMILES string of the molecule is Cc1ccc(C)c(/C(O)=C2/C(=O)C(=O)N(c3ccc(N4CCN(C)CC4)cc3)C2c2cccs2)c1. The van der Waals surface area contributed by atoms with Crippen molar-refractivity contribution in [1.82, 2.24) is 4.90 Å². The van der Waals surface area contributed by atoms with Gasteiger partial charge in [0.25, 0.3) is 11.7 Å². The Balaban J connectivity index is 1.57. The number of hydrogen-bond acceptors (Lipinski definition) is 6. The lowest BCUT2D eigenvalue weighted by Gasteiger charge is -2.34. The van der Waals surface area contributed by atoms with Crippen LogP contribution in [0, 0.1) is 13.8 Å². The van der Waals surface area contributed by atoms with Crippen molar-refractivity contribution >= 4 is 40.2 Å². The molecule has 180 valence electrons. The quantitative estimate of drug-likeness (QED) is 0.327. The number of aliphatic hydroxyl groups is 1. The van der Waals surface area contributed by atoms with E-state index in [1.807, 2.05) is 73.8 Å². The Bertz CT molecular complexity index is 1290. The fourth-order valence-electron chi connectivity index (χ4n) is 4.84. The molecule has 3 heterocycles. The topological polar surface area (TPSA) is 64.1 Å². The van der Waals surface area contributed by atoms with Crippen molar-refractivity contribution in [1.29, 1.82) is 0 Å². The van der Waals surface area contributed by atoms with Crippen LogP contribution in [-0.4, -0.2) is 54.9 Å². The predicted octanol–water partition coefficient (Wildman–Crippen LogP) is 4.74. The molecule has 2 aromatic carbocycles. The van der Waals surface area contributed by atoms with E-state index in [1.165, 1.54) is 16.2 Å². The summed E-state index contributed by atoms with van der Waals surface area (Å²) in [4.78, 5) is 33.7. The maximum atomic E-state index is 13.4. The number of benzene rings is 2. The maximum absolute atomic E-state index is 13.4. The Kier molecular flexibility index (Phi) is 6.21. The molecule has 0 spiro atoms. The number of piperazine rings is 1. The highest BCUT2D eigenvalue weighted by Gasteiger charge is 2.47. The van der Waals surface area contributed by atoms with Gasteiger partial charge in [0.15, 0.2) is 0 Å². The van der Waals surface area contributed by atoms with E-state index in [4.69, 9.17) is 0 Å². The van der Waals surface area contributed by atoms with Gasteiger partial charge in [-0.15, -0.1) is 11.3 Å². The molecule has 1 amide bonds. The molecule has 2 saturated heterocycles. The molecule has 1 unspecified atom stereocenters. The Morgan fingerprint density at radius 3 is 2.29 bits per heavy atom. The van der Waals surface area contributed by atoms with E-state index in [-0.39, 0.29) is 11.3 Å². The molecule has 2 fully saturated rings. The van der Waals surface area contributed by atoms with Crippen LogP contribution < -0.4 is 9.80 Å². The summed E-state index contributed by atoms with van der Waals surface area (Å²) < 4.78 is 0. The monoisotopic (exact) mass is 487 g/mol. The van der Waals surface area contributed by atoms with Crippen molar-refractivity contribution in [3.05, 3.63) is 87.1 Å². The number of likely N-dealkylation sites (N-methyl/N-ethyl adjacent to an activating group) is 1. The van der Waals surface area contributed by atoms with Crippen molar-refractivity contribution in [2.45, 2.75) is 19.9 Å². The van der Waals surface area contributed by atoms with Crippen molar-refractivity contribution < 1.29 is 14.7 Å². The van der Waals surface area contributed by atoms with Crippen molar-refractivity contribution in [3.8, 4) is 0 Å². The van der Waals surface area contributed by atoms with E-state index >= 15 is 0 Å². The summed E-state index contributed by atoms with van der Waals surface area (Å²) in [5.41, 5.74) is 4.27. The summed E-state index contributed by atoms with van der Waals surface area (Å²) in [7, 11) is 2.12. The lowest BCUT2D eigenvalue weighted by atomic mass is 9.96. The molecule has 0 aliphatic carbocycles. The van der Waals surface area contributed by atoms with Crippen LogP contribution in [0.15, 0.2) is 65.6 Å². The molecule has 6 nitrogen and oxygen atoms in total. The van der Waals surface area contributed by atoms with Crippen LogP contribution in [0.25, 0.3) is 5.76 Å². The normalized spacial score (nSPS) is 20.6. The van der Waals surface area contributed by atoms with Gasteiger partial charge in [0.1, 0.15) is 11.8 Å². The minimum Gasteiger partial charge on any atom is -0.507 e. The summed E-state index contributed by atoms with van der Waals surface area (Å²) in [5, 5.41) is 13.3. The largest absolute Gasteiger partial charge is 0.507 e. The Morgan fingerprint density at radius 1 is 0.943 bits per heavy atom. The number of rotatable bonds is 4. The summed E-state index contributed by atoms with van der Waals surface area (Å²) in [6.45, 7) is 7.74. The number of aryl methyl sites for hydroxylation is 2. The van der Waals surface area contributed by atoms with Crippen molar-refractivity contribution in [2.24, 2.45) is 0 Å². The average molecular weight is 488 g/mol. The molecule has 0 saturated carbocycles. The second-order valence-electron chi connectivity index (χ2n) is 9.31. The van der Waals surface area contributed by atoms with Gasteiger partial charge in [-0.05, 0) is 68.2 Å². The van der Waals surface area contributed by atoms with Crippen molar-refractivity contribution in [3.63, 3.8) is 0 Å². The molecule has 0 radical (unpaired) electrons. The third kappa shape index (κ3) is 4.26. The van der Waals surface area contributed by atoms with E-state index in [0.717, 1.165) is 47.9 Å². The molecule has 5 rings (SSSR count). The molecule has 2 aliphatic rings. The first-order valence-electron chi connectivity index (χ1n) is 11.8. The van der Waals surface area contributed by atoms with Crippen LogP contribution in [0.5, 0.6) is 0 Å². The van der Waals surface area contributed by atoms with Crippen LogP contribution in [0.4, 0.5) is 11.4 Å². The van der Waals surface area contributed by atoms with Gasteiger partial charge in [0, 0.05) is 48.0 Å². The zero-order valence-corrected chi connectivity index (χ0v) is 21.0. The van der Waals surface area contributed by atoms with Crippen LogP contribution in [-0.2, 0) is 9.59 Å². The second kappa shape index (κ2) is 9.32. The van der Waals surface area contributed by atoms with E-state index in [0.29, 0.717) is 11.3 Å². The standard InChI is InChI=1S/C28H29N3O3S/c1-18-6-7-19(2)22(17-18)26(32)24-25(23-5-4-16-35-23)31(28(34)27(24)33)21-10-8-20(9-11-21)30-14-12-29(3)13-15-30/h4-11,16-17,25,32H,12-15H2,1-3H3/b26-24-. The third-order valence-electron chi connectivity index (χ3n) is 6.90. The second-order valence-corrected chi connectivity index (χ2v) is 10.3.